The molecule has 1 atom stereocenters. The van der Waals surface area contributed by atoms with Gasteiger partial charge in [0.15, 0.2) is 0 Å². The summed E-state index contributed by atoms with van der Waals surface area (Å²) in [6.45, 7) is 1.41. The molecule has 1 aliphatic rings. The van der Waals surface area contributed by atoms with Crippen LogP contribution in [0.5, 0.6) is 0 Å². The number of carboxylic acid groups (broad SMARTS) is 1. The summed E-state index contributed by atoms with van der Waals surface area (Å²) in [6.07, 6.45) is -0.453. The number of amides is 1. The molecule has 2 aromatic carbocycles. The molecule has 0 heterocycles. The summed E-state index contributed by atoms with van der Waals surface area (Å²) in [5, 5.41) is 9.28. The number of nitrogens with zero attached hydrogens (tertiary/aromatic N) is 1. The zero-order valence-corrected chi connectivity index (χ0v) is 16.3. The van der Waals surface area contributed by atoms with Gasteiger partial charge in [-0.25, -0.2) is 18.0 Å². The molecule has 0 spiro atoms. The van der Waals surface area contributed by atoms with Crippen LogP contribution in [-0.4, -0.2) is 48.8 Å². The van der Waals surface area contributed by atoms with Crippen molar-refractivity contribution in [1.82, 2.24) is 4.31 Å². The Morgan fingerprint density at radius 3 is 2.00 bits per heavy atom. The van der Waals surface area contributed by atoms with Gasteiger partial charge in [-0.2, -0.15) is 4.31 Å². The van der Waals surface area contributed by atoms with Crippen molar-refractivity contribution < 1.29 is 27.9 Å². The van der Waals surface area contributed by atoms with Gasteiger partial charge in [0, 0.05) is 5.92 Å². The van der Waals surface area contributed by atoms with Crippen LogP contribution >= 0.6 is 0 Å². The molecule has 0 fully saturated rings. The molecule has 0 saturated carbocycles. The minimum Gasteiger partial charge on any atom is -0.480 e. The number of sulfonamides is 1. The van der Waals surface area contributed by atoms with Gasteiger partial charge in [0.25, 0.3) is 0 Å². The first-order valence-electron chi connectivity index (χ1n) is 8.82. The molecule has 0 unspecified atom stereocenters. The molecule has 2 aromatic rings. The third-order valence-corrected chi connectivity index (χ3v) is 5.95. The predicted octanol–water partition coefficient (Wildman–Crippen LogP) is 3.06. The molecule has 148 valence electrons. The van der Waals surface area contributed by atoms with E-state index in [4.69, 9.17) is 4.74 Å². The first kappa shape index (κ1) is 19.9. The van der Waals surface area contributed by atoms with Gasteiger partial charge >= 0.3 is 12.1 Å². The van der Waals surface area contributed by atoms with E-state index in [9.17, 15) is 23.1 Å². The second-order valence-electron chi connectivity index (χ2n) is 6.63. The van der Waals surface area contributed by atoms with E-state index in [1.165, 1.54) is 6.92 Å². The van der Waals surface area contributed by atoms with Crippen LogP contribution in [0.2, 0.25) is 0 Å². The van der Waals surface area contributed by atoms with E-state index in [0.717, 1.165) is 28.5 Å². The maximum atomic E-state index is 12.5. The summed E-state index contributed by atoms with van der Waals surface area (Å²) in [5.74, 6) is -1.65. The number of carboxylic acids is 1. The third kappa shape index (κ3) is 3.60. The molecule has 7 nitrogen and oxygen atoms in total. The van der Waals surface area contributed by atoms with Crippen LogP contribution in [0.15, 0.2) is 48.5 Å². The van der Waals surface area contributed by atoms with Gasteiger partial charge in [-0.3, -0.25) is 0 Å². The number of carbonyl (C=O) groups is 2. The highest BCUT2D eigenvalue weighted by atomic mass is 32.2. The van der Waals surface area contributed by atoms with Crippen molar-refractivity contribution in [3.05, 3.63) is 59.7 Å². The van der Waals surface area contributed by atoms with E-state index >= 15 is 0 Å². The van der Waals surface area contributed by atoms with Crippen molar-refractivity contribution >= 4 is 22.1 Å². The molecule has 0 saturated heterocycles. The highest BCUT2D eigenvalue weighted by Crippen LogP contribution is 2.44. The molecule has 1 aliphatic carbocycles. The zero-order valence-electron chi connectivity index (χ0n) is 15.5. The number of ether oxygens (including phenoxy) is 1. The molecule has 0 bridgehead atoms. The Bertz CT molecular complexity index is 971. The van der Waals surface area contributed by atoms with Crippen molar-refractivity contribution in [3.8, 4) is 11.1 Å². The van der Waals surface area contributed by atoms with Gasteiger partial charge in [-0.05, 0) is 28.7 Å². The van der Waals surface area contributed by atoms with Crippen molar-refractivity contribution in [3.63, 3.8) is 0 Å². The minimum atomic E-state index is -4.11. The normalized spacial score (nSPS) is 14.1. The van der Waals surface area contributed by atoms with E-state index in [2.05, 4.69) is 0 Å². The molecular weight excluding hydrogens is 382 g/mol. The van der Waals surface area contributed by atoms with E-state index in [0.29, 0.717) is 4.31 Å². The highest BCUT2D eigenvalue weighted by molar-refractivity contribution is 7.88. The van der Waals surface area contributed by atoms with Crippen molar-refractivity contribution in [2.75, 3.05) is 12.9 Å². The summed E-state index contributed by atoms with van der Waals surface area (Å²) in [7, 11) is -4.11. The number of benzene rings is 2. The van der Waals surface area contributed by atoms with Crippen molar-refractivity contribution in [1.29, 1.82) is 0 Å². The van der Waals surface area contributed by atoms with Gasteiger partial charge in [0.2, 0.25) is 10.0 Å². The van der Waals surface area contributed by atoms with E-state index < -0.39 is 28.1 Å². The van der Waals surface area contributed by atoms with E-state index in [1.54, 1.807) is 0 Å². The van der Waals surface area contributed by atoms with Gasteiger partial charge in [-0.1, -0.05) is 55.5 Å². The SMILES string of the molecule is CC[C@@H](C(=O)O)N(C(=O)OCC1c2ccccc2-c2ccccc21)S(C)(=O)=O. The van der Waals surface area contributed by atoms with Crippen LogP contribution in [0.25, 0.3) is 11.1 Å². The minimum absolute atomic E-state index is 0.0629. The lowest BCUT2D eigenvalue weighted by atomic mass is 9.98. The average Bonchev–Trinajstić information content (AvgIpc) is 2.96. The Kier molecular flexibility index (Phi) is 5.42. The van der Waals surface area contributed by atoms with Crippen LogP contribution in [0.4, 0.5) is 4.79 Å². The molecule has 0 aliphatic heterocycles. The number of carbonyl (C=O) groups excluding carboxylic acids is 1. The molecule has 8 heteroatoms. The second kappa shape index (κ2) is 7.63. The number of rotatable bonds is 6. The molecular formula is C20H21NO6S. The summed E-state index contributed by atoms with van der Waals surface area (Å²) in [4.78, 5) is 23.9. The maximum absolute atomic E-state index is 12.5. The van der Waals surface area contributed by atoms with Gasteiger partial charge in [0.1, 0.15) is 12.6 Å². The molecule has 0 aromatic heterocycles. The number of hydrogen-bond donors (Lipinski definition) is 1. The first-order chi connectivity index (χ1) is 13.3. The Hall–Kier alpha value is -2.87. The average molecular weight is 403 g/mol. The lowest BCUT2D eigenvalue weighted by Crippen LogP contribution is -2.48. The highest BCUT2D eigenvalue weighted by Gasteiger charge is 2.37. The summed E-state index contributed by atoms with van der Waals surface area (Å²) < 4.78 is 29.7. The summed E-state index contributed by atoms with van der Waals surface area (Å²) >= 11 is 0. The van der Waals surface area contributed by atoms with Crippen LogP contribution < -0.4 is 0 Å². The number of hydrogen-bond acceptors (Lipinski definition) is 5. The fraction of sp³-hybridized carbons (Fsp3) is 0.300. The van der Waals surface area contributed by atoms with E-state index in [1.807, 2.05) is 48.5 Å². The van der Waals surface area contributed by atoms with Crippen molar-refractivity contribution in [2.45, 2.75) is 25.3 Å². The molecule has 1 N–H and O–H groups in total. The Labute approximate surface area is 163 Å². The molecule has 0 radical (unpaired) electrons. The van der Waals surface area contributed by atoms with Crippen LogP contribution in [0, 0.1) is 0 Å². The standard InChI is InChI=1S/C20H21NO6S/c1-3-18(19(22)23)21(28(2,25)26)20(24)27-12-17-15-10-6-4-8-13(15)14-9-5-7-11-16(14)17/h4-11,17-18H,3,12H2,1-2H3,(H,22,23)/t18-/m0/s1. The Balaban J connectivity index is 1.87. The zero-order chi connectivity index (χ0) is 20.5. The summed E-state index contributed by atoms with van der Waals surface area (Å²) in [6, 6.07) is 14.0. The van der Waals surface area contributed by atoms with Crippen molar-refractivity contribution in [2.24, 2.45) is 0 Å². The number of fused-ring (bicyclic) bond motifs is 3. The van der Waals surface area contributed by atoms with Gasteiger partial charge in [0.05, 0.1) is 6.26 Å². The van der Waals surface area contributed by atoms with E-state index in [-0.39, 0.29) is 18.9 Å². The molecule has 1 amide bonds. The predicted molar refractivity (Wildman–Crippen MR) is 103 cm³/mol. The third-order valence-electron chi connectivity index (χ3n) is 4.83. The quantitative estimate of drug-likeness (QED) is 0.795. The molecule has 28 heavy (non-hydrogen) atoms. The Morgan fingerprint density at radius 2 is 1.57 bits per heavy atom. The fourth-order valence-corrected chi connectivity index (χ4v) is 4.62. The monoisotopic (exact) mass is 403 g/mol. The largest absolute Gasteiger partial charge is 0.480 e. The van der Waals surface area contributed by atoms with Crippen LogP contribution in [0.3, 0.4) is 0 Å². The van der Waals surface area contributed by atoms with Crippen LogP contribution in [0.1, 0.15) is 30.4 Å². The topological polar surface area (TPSA) is 101 Å². The smallest absolute Gasteiger partial charge is 0.424 e. The lowest BCUT2D eigenvalue weighted by Gasteiger charge is -2.26. The first-order valence-corrected chi connectivity index (χ1v) is 10.7. The lowest BCUT2D eigenvalue weighted by molar-refractivity contribution is -0.141. The van der Waals surface area contributed by atoms with Gasteiger partial charge in [-0.15, -0.1) is 0 Å². The second-order valence-corrected chi connectivity index (χ2v) is 8.48. The number of aliphatic carboxylic acids is 1. The molecule has 3 rings (SSSR count). The summed E-state index contributed by atoms with van der Waals surface area (Å²) in [5.41, 5.74) is 4.03. The van der Waals surface area contributed by atoms with Crippen LogP contribution in [-0.2, 0) is 19.6 Å². The van der Waals surface area contributed by atoms with Gasteiger partial charge < -0.3 is 9.84 Å². The fourth-order valence-electron chi connectivity index (χ4n) is 3.59. The maximum Gasteiger partial charge on any atom is 0.424 e. The Morgan fingerprint density at radius 1 is 1.07 bits per heavy atom.